The number of carboxylic acid groups (broad SMARTS) is 1. The largest absolute Gasteiger partial charge is 0.490 e. The first-order valence-corrected chi connectivity index (χ1v) is 11.2. The summed E-state index contributed by atoms with van der Waals surface area (Å²) in [5.41, 5.74) is 5.54. The number of anilines is 2. The average Bonchev–Trinajstić information content (AvgIpc) is 3.21. The van der Waals surface area contributed by atoms with Crippen LogP contribution in [0.5, 0.6) is 0 Å². The third-order valence-corrected chi connectivity index (χ3v) is 5.98. The number of nitrogens with zero attached hydrogens (tertiary/aromatic N) is 5. The fourth-order valence-electron chi connectivity index (χ4n) is 3.86. The fraction of sp³-hybridized carbons (Fsp3) is 0.364. The Kier molecular flexibility index (Phi) is 7.13. The van der Waals surface area contributed by atoms with E-state index in [0.717, 1.165) is 66.8 Å². The number of H-pyrrole nitrogens is 1. The molecule has 0 saturated carbocycles. The molecule has 5 rings (SSSR count). The average molecular weight is 510 g/mol. The summed E-state index contributed by atoms with van der Waals surface area (Å²) in [6.07, 6.45) is -1.31. The van der Waals surface area contributed by atoms with Crippen LogP contribution >= 0.6 is 11.6 Å². The Labute approximate surface area is 203 Å². The summed E-state index contributed by atoms with van der Waals surface area (Å²) in [5.74, 6) is -1.80. The highest BCUT2D eigenvalue weighted by Gasteiger charge is 2.38. The number of carboxylic acids is 1. The first-order chi connectivity index (χ1) is 16.6. The van der Waals surface area contributed by atoms with E-state index in [1.807, 2.05) is 6.07 Å². The number of carbonyl (C=O) groups is 1. The van der Waals surface area contributed by atoms with Crippen molar-refractivity contribution in [1.82, 2.24) is 25.5 Å². The molecular formula is C22H23ClF3N7O2. The number of nitrogens with one attached hydrogen (secondary N) is 2. The van der Waals surface area contributed by atoms with Gasteiger partial charge in [-0.15, -0.1) is 0 Å². The smallest absolute Gasteiger partial charge is 0.475 e. The summed E-state index contributed by atoms with van der Waals surface area (Å²) >= 11 is 6.21. The second-order valence-corrected chi connectivity index (χ2v) is 8.58. The van der Waals surface area contributed by atoms with E-state index in [9.17, 15) is 13.2 Å². The van der Waals surface area contributed by atoms with E-state index in [1.54, 1.807) is 6.33 Å². The van der Waals surface area contributed by atoms with E-state index in [0.29, 0.717) is 0 Å². The molecule has 4 heterocycles. The van der Waals surface area contributed by atoms with Crippen molar-refractivity contribution < 1.29 is 23.1 Å². The Hall–Kier alpha value is -3.38. The molecule has 1 aromatic carbocycles. The molecule has 2 fully saturated rings. The van der Waals surface area contributed by atoms with E-state index in [2.05, 4.69) is 60.4 Å². The Morgan fingerprint density at radius 3 is 2.40 bits per heavy atom. The second kappa shape index (κ2) is 10.1. The van der Waals surface area contributed by atoms with Crippen LogP contribution in [-0.4, -0.2) is 76.7 Å². The van der Waals surface area contributed by atoms with Crippen LogP contribution in [0.4, 0.5) is 24.7 Å². The summed E-state index contributed by atoms with van der Waals surface area (Å²) in [5, 5.41) is 19.7. The van der Waals surface area contributed by atoms with Crippen LogP contribution in [0.15, 0.2) is 30.1 Å². The predicted molar refractivity (Wildman–Crippen MR) is 127 cm³/mol. The van der Waals surface area contributed by atoms with E-state index in [1.165, 1.54) is 16.8 Å². The van der Waals surface area contributed by atoms with Crippen LogP contribution in [0.25, 0.3) is 17.1 Å². The molecule has 2 aromatic heterocycles. The molecule has 2 aliphatic heterocycles. The van der Waals surface area contributed by atoms with Crippen molar-refractivity contribution in [2.24, 2.45) is 0 Å². The van der Waals surface area contributed by atoms with Crippen LogP contribution in [0.1, 0.15) is 11.3 Å². The molecule has 3 N–H and O–H groups in total. The van der Waals surface area contributed by atoms with Crippen LogP contribution in [0, 0.1) is 6.92 Å². The summed E-state index contributed by atoms with van der Waals surface area (Å²) in [6, 6.07) is 6.09. The minimum atomic E-state index is -5.08. The molecule has 35 heavy (non-hydrogen) atoms. The third-order valence-electron chi connectivity index (χ3n) is 5.75. The van der Waals surface area contributed by atoms with Gasteiger partial charge in [0.25, 0.3) is 0 Å². The number of halogens is 4. The maximum absolute atomic E-state index is 10.6. The first kappa shape index (κ1) is 24.7. The molecule has 2 aliphatic rings. The number of aromatic amines is 1. The monoisotopic (exact) mass is 509 g/mol. The number of aliphatic carboxylic acids is 1. The number of aryl methyl sites for hydroxylation is 1. The minimum Gasteiger partial charge on any atom is -0.475 e. The highest BCUT2D eigenvalue weighted by atomic mass is 35.5. The van der Waals surface area contributed by atoms with E-state index in [-0.39, 0.29) is 0 Å². The van der Waals surface area contributed by atoms with Crippen LogP contribution < -0.4 is 15.1 Å². The number of aromatic nitrogens is 4. The zero-order valence-corrected chi connectivity index (χ0v) is 19.5. The zero-order chi connectivity index (χ0) is 25.2. The highest BCUT2D eigenvalue weighted by molar-refractivity contribution is 6.30. The molecule has 186 valence electrons. The Morgan fingerprint density at radius 1 is 1.14 bits per heavy atom. The molecule has 9 nitrogen and oxygen atoms in total. The van der Waals surface area contributed by atoms with Crippen LogP contribution in [0.3, 0.4) is 0 Å². The summed E-state index contributed by atoms with van der Waals surface area (Å²) in [4.78, 5) is 22.6. The highest BCUT2D eigenvalue weighted by Crippen LogP contribution is 2.30. The molecular weight excluding hydrogens is 487 g/mol. The van der Waals surface area contributed by atoms with Gasteiger partial charge in [0, 0.05) is 50.0 Å². The van der Waals surface area contributed by atoms with Crippen molar-refractivity contribution >= 4 is 46.2 Å². The van der Waals surface area contributed by atoms with Crippen LogP contribution in [-0.2, 0) is 4.79 Å². The molecule has 0 unspecified atom stereocenters. The predicted octanol–water partition coefficient (Wildman–Crippen LogP) is 3.26. The molecule has 0 radical (unpaired) electrons. The number of fused-ring (bicyclic) bond motifs is 1. The van der Waals surface area contributed by atoms with Crippen molar-refractivity contribution in [1.29, 1.82) is 0 Å². The zero-order valence-electron chi connectivity index (χ0n) is 18.7. The summed E-state index contributed by atoms with van der Waals surface area (Å²) in [6.45, 7) is 7.62. The Bertz CT molecular complexity index is 1250. The molecule has 13 heteroatoms. The van der Waals surface area contributed by atoms with Crippen LogP contribution in [0.2, 0.25) is 5.02 Å². The van der Waals surface area contributed by atoms with Crippen molar-refractivity contribution in [3.8, 4) is 0 Å². The van der Waals surface area contributed by atoms with Gasteiger partial charge in [-0.2, -0.15) is 18.3 Å². The van der Waals surface area contributed by atoms with Gasteiger partial charge >= 0.3 is 12.1 Å². The van der Waals surface area contributed by atoms with Crippen molar-refractivity contribution in [2.75, 3.05) is 49.1 Å². The van der Waals surface area contributed by atoms with Gasteiger partial charge in [-0.05, 0) is 36.3 Å². The standard InChI is InChI=1S/C20H22ClN7.C2HF3O2/c1-13-2-3-15(21)9-17(13)27-4-6-28(7-5-27)20-18-16(8-14-10-22-11-14)25-26-19(18)23-12-24-20;3-2(4,5)1(6)7/h2-3,8-9,12,22H,4-7,10-11H2,1H3,(H,23,24,25,26);(H,6,7). The third kappa shape index (κ3) is 5.65. The summed E-state index contributed by atoms with van der Waals surface area (Å²) in [7, 11) is 0. The number of piperazine rings is 1. The molecule has 0 amide bonds. The molecule has 0 atom stereocenters. The van der Waals surface area contributed by atoms with E-state index >= 15 is 0 Å². The number of hydrogen-bond acceptors (Lipinski definition) is 7. The number of hydrogen-bond donors (Lipinski definition) is 3. The molecule has 0 aliphatic carbocycles. The minimum absolute atomic E-state index is 0.720. The molecule has 2 saturated heterocycles. The van der Waals surface area contributed by atoms with Crippen molar-refractivity contribution in [3.05, 3.63) is 46.4 Å². The van der Waals surface area contributed by atoms with Gasteiger partial charge in [0.05, 0.1) is 11.1 Å². The molecule has 0 spiro atoms. The second-order valence-electron chi connectivity index (χ2n) is 8.15. The lowest BCUT2D eigenvalue weighted by Crippen LogP contribution is -2.47. The van der Waals surface area contributed by atoms with E-state index < -0.39 is 12.1 Å². The number of rotatable bonds is 3. The lowest BCUT2D eigenvalue weighted by molar-refractivity contribution is -0.192. The number of benzene rings is 1. The normalized spacial score (nSPS) is 16.0. The maximum atomic E-state index is 10.6. The van der Waals surface area contributed by atoms with Crippen molar-refractivity contribution in [3.63, 3.8) is 0 Å². The first-order valence-electron chi connectivity index (χ1n) is 10.8. The lowest BCUT2D eigenvalue weighted by Gasteiger charge is -2.37. The van der Waals surface area contributed by atoms with Gasteiger partial charge in [-0.25, -0.2) is 14.8 Å². The maximum Gasteiger partial charge on any atom is 0.490 e. The van der Waals surface area contributed by atoms with E-state index in [4.69, 9.17) is 21.5 Å². The molecule has 0 bridgehead atoms. The number of alkyl halides is 3. The fourth-order valence-corrected chi connectivity index (χ4v) is 4.03. The topological polar surface area (TPSA) is 110 Å². The van der Waals surface area contributed by atoms with Gasteiger partial charge in [0.15, 0.2) is 5.65 Å². The van der Waals surface area contributed by atoms with Gasteiger partial charge in [0.2, 0.25) is 0 Å². The van der Waals surface area contributed by atoms with Gasteiger partial charge in [-0.1, -0.05) is 17.7 Å². The summed E-state index contributed by atoms with van der Waals surface area (Å²) < 4.78 is 31.7. The van der Waals surface area contributed by atoms with Crippen molar-refractivity contribution in [2.45, 2.75) is 13.1 Å². The molecule has 3 aromatic rings. The Morgan fingerprint density at radius 2 is 1.80 bits per heavy atom. The SMILES string of the molecule is Cc1ccc(Cl)cc1N1CCN(c2ncnc3n[nH]c(C=C4CNC4)c23)CC1.O=C(O)C(F)(F)F. The Balaban J connectivity index is 0.000000364. The quantitative estimate of drug-likeness (QED) is 0.493. The van der Waals surface area contributed by atoms with Gasteiger partial charge in [-0.3, -0.25) is 5.10 Å². The van der Waals surface area contributed by atoms with Gasteiger partial charge < -0.3 is 20.2 Å². The van der Waals surface area contributed by atoms with Gasteiger partial charge in [0.1, 0.15) is 12.1 Å². The lowest BCUT2D eigenvalue weighted by atomic mass is 10.1.